The second-order valence-corrected chi connectivity index (χ2v) is 5.11. The molecule has 0 spiro atoms. The zero-order valence-electron chi connectivity index (χ0n) is 9.26. The predicted octanol–water partition coefficient (Wildman–Crippen LogP) is 3.47. The van der Waals surface area contributed by atoms with Crippen molar-refractivity contribution >= 4 is 27.5 Å². The van der Waals surface area contributed by atoms with Crippen molar-refractivity contribution in [2.75, 3.05) is 26.0 Å². The van der Waals surface area contributed by atoms with E-state index in [0.717, 1.165) is 24.0 Å². The summed E-state index contributed by atoms with van der Waals surface area (Å²) < 4.78 is 1.16. The van der Waals surface area contributed by atoms with Gasteiger partial charge in [0.1, 0.15) is 0 Å². The Labute approximate surface area is 106 Å². The maximum atomic E-state index is 5.69. The van der Waals surface area contributed by atoms with Crippen LogP contribution in [0.15, 0.2) is 22.7 Å². The van der Waals surface area contributed by atoms with Gasteiger partial charge in [0, 0.05) is 23.4 Å². The van der Waals surface area contributed by atoms with E-state index in [0.29, 0.717) is 5.88 Å². The van der Waals surface area contributed by atoms with Gasteiger partial charge in [-0.1, -0.05) is 22.0 Å². The summed E-state index contributed by atoms with van der Waals surface area (Å²) in [4.78, 5) is 2.26. The summed E-state index contributed by atoms with van der Waals surface area (Å²) >= 11 is 9.18. The second-order valence-electron chi connectivity index (χ2n) is 3.81. The Kier molecular flexibility index (Phi) is 5.65. The van der Waals surface area contributed by atoms with Gasteiger partial charge in [0.05, 0.1) is 0 Å². The van der Waals surface area contributed by atoms with Gasteiger partial charge in [0.2, 0.25) is 0 Å². The van der Waals surface area contributed by atoms with E-state index in [1.807, 2.05) is 0 Å². The number of halogens is 2. The molecule has 0 bridgehead atoms. The van der Waals surface area contributed by atoms with E-state index in [9.17, 15) is 0 Å². The van der Waals surface area contributed by atoms with Crippen LogP contribution in [0.1, 0.15) is 11.1 Å². The molecule has 0 amide bonds. The van der Waals surface area contributed by atoms with Gasteiger partial charge >= 0.3 is 0 Å². The SMILES string of the molecule is Cc1ccc(Br)cc1CCN(C)CCCl. The molecule has 0 aliphatic rings. The standard InChI is InChI=1S/C12H17BrClN/c1-10-3-4-12(13)9-11(10)5-7-15(2)8-6-14/h3-4,9H,5-8H2,1-2H3. The molecule has 0 aromatic heterocycles. The highest BCUT2D eigenvalue weighted by Crippen LogP contribution is 2.16. The first kappa shape index (κ1) is 13.0. The number of nitrogens with zero attached hydrogens (tertiary/aromatic N) is 1. The first-order valence-corrected chi connectivity index (χ1v) is 6.46. The van der Waals surface area contributed by atoms with Crippen molar-refractivity contribution in [3.05, 3.63) is 33.8 Å². The number of rotatable bonds is 5. The summed E-state index contributed by atoms with van der Waals surface area (Å²) in [7, 11) is 2.11. The topological polar surface area (TPSA) is 3.24 Å². The zero-order chi connectivity index (χ0) is 11.3. The summed E-state index contributed by atoms with van der Waals surface area (Å²) in [6, 6.07) is 6.44. The molecular formula is C12H17BrClN. The molecule has 0 aliphatic heterocycles. The third-order valence-electron chi connectivity index (χ3n) is 2.54. The Bertz CT molecular complexity index is 314. The first-order chi connectivity index (χ1) is 7.13. The van der Waals surface area contributed by atoms with E-state index in [4.69, 9.17) is 11.6 Å². The number of hydrogen-bond acceptors (Lipinski definition) is 1. The highest BCUT2D eigenvalue weighted by Gasteiger charge is 2.02. The molecule has 0 heterocycles. The summed E-state index contributed by atoms with van der Waals surface area (Å²) in [5, 5.41) is 0. The molecule has 0 unspecified atom stereocenters. The Hall–Kier alpha value is -0.0500. The van der Waals surface area contributed by atoms with Crippen LogP contribution in [0.25, 0.3) is 0 Å². The van der Waals surface area contributed by atoms with Crippen molar-refractivity contribution in [2.24, 2.45) is 0 Å². The van der Waals surface area contributed by atoms with Crippen molar-refractivity contribution in [3.8, 4) is 0 Å². The minimum Gasteiger partial charge on any atom is -0.305 e. The summed E-state index contributed by atoms with van der Waals surface area (Å²) in [5.74, 6) is 0.702. The smallest absolute Gasteiger partial charge is 0.0351 e. The normalized spacial score (nSPS) is 11.0. The lowest BCUT2D eigenvalue weighted by molar-refractivity contribution is 0.359. The van der Waals surface area contributed by atoms with E-state index in [1.54, 1.807) is 0 Å². The van der Waals surface area contributed by atoms with Crippen molar-refractivity contribution in [2.45, 2.75) is 13.3 Å². The number of benzene rings is 1. The lowest BCUT2D eigenvalue weighted by Crippen LogP contribution is -2.23. The van der Waals surface area contributed by atoms with Crippen molar-refractivity contribution in [1.29, 1.82) is 0 Å². The molecule has 0 fully saturated rings. The third-order valence-corrected chi connectivity index (χ3v) is 3.20. The van der Waals surface area contributed by atoms with Crippen molar-refractivity contribution in [3.63, 3.8) is 0 Å². The van der Waals surface area contributed by atoms with E-state index in [1.165, 1.54) is 11.1 Å². The highest BCUT2D eigenvalue weighted by molar-refractivity contribution is 9.10. The highest BCUT2D eigenvalue weighted by atomic mass is 79.9. The van der Waals surface area contributed by atoms with E-state index in [2.05, 4.69) is 53.0 Å². The second kappa shape index (κ2) is 6.51. The molecule has 0 saturated heterocycles. The molecule has 0 aliphatic carbocycles. The van der Waals surface area contributed by atoms with Gasteiger partial charge in [-0.2, -0.15) is 0 Å². The lowest BCUT2D eigenvalue weighted by atomic mass is 10.1. The maximum Gasteiger partial charge on any atom is 0.0351 e. The van der Waals surface area contributed by atoms with Crippen molar-refractivity contribution < 1.29 is 0 Å². The lowest BCUT2D eigenvalue weighted by Gasteiger charge is -2.15. The van der Waals surface area contributed by atoms with Gasteiger partial charge < -0.3 is 4.90 Å². The number of alkyl halides is 1. The Morgan fingerprint density at radius 2 is 2.07 bits per heavy atom. The van der Waals surface area contributed by atoms with Crippen LogP contribution in [0.5, 0.6) is 0 Å². The van der Waals surface area contributed by atoms with Gasteiger partial charge in [0.25, 0.3) is 0 Å². The number of likely N-dealkylation sites (N-methyl/N-ethyl adjacent to an activating group) is 1. The van der Waals surface area contributed by atoms with Crippen molar-refractivity contribution in [1.82, 2.24) is 4.90 Å². The maximum absolute atomic E-state index is 5.69. The van der Waals surface area contributed by atoms with Crippen LogP contribution in [0.4, 0.5) is 0 Å². The molecule has 0 saturated carbocycles. The first-order valence-electron chi connectivity index (χ1n) is 5.13. The molecule has 0 atom stereocenters. The van der Waals surface area contributed by atoms with Crippen LogP contribution >= 0.6 is 27.5 Å². The molecule has 0 N–H and O–H groups in total. The molecule has 1 aromatic rings. The van der Waals surface area contributed by atoms with Gasteiger partial charge in [0.15, 0.2) is 0 Å². The molecule has 1 nitrogen and oxygen atoms in total. The fourth-order valence-electron chi connectivity index (χ4n) is 1.48. The number of aryl methyl sites for hydroxylation is 1. The third kappa shape index (κ3) is 4.54. The predicted molar refractivity (Wildman–Crippen MR) is 70.8 cm³/mol. The molecular weight excluding hydrogens is 273 g/mol. The van der Waals surface area contributed by atoms with Gasteiger partial charge in [-0.25, -0.2) is 0 Å². The zero-order valence-corrected chi connectivity index (χ0v) is 11.6. The Morgan fingerprint density at radius 3 is 2.73 bits per heavy atom. The molecule has 3 heteroatoms. The number of hydrogen-bond donors (Lipinski definition) is 0. The fraction of sp³-hybridized carbons (Fsp3) is 0.500. The van der Waals surface area contributed by atoms with E-state index >= 15 is 0 Å². The Morgan fingerprint density at radius 1 is 1.33 bits per heavy atom. The van der Waals surface area contributed by atoms with E-state index < -0.39 is 0 Å². The minimum atomic E-state index is 0.702. The monoisotopic (exact) mass is 289 g/mol. The van der Waals surface area contributed by atoms with Crippen LogP contribution in [0, 0.1) is 6.92 Å². The average molecular weight is 291 g/mol. The van der Waals surface area contributed by atoms with Crippen LogP contribution in [-0.4, -0.2) is 30.9 Å². The van der Waals surface area contributed by atoms with Crippen LogP contribution < -0.4 is 0 Å². The van der Waals surface area contributed by atoms with Crippen LogP contribution in [0.3, 0.4) is 0 Å². The summed E-state index contributed by atoms with van der Waals surface area (Å²) in [5.41, 5.74) is 2.77. The van der Waals surface area contributed by atoms with Crippen LogP contribution in [-0.2, 0) is 6.42 Å². The largest absolute Gasteiger partial charge is 0.305 e. The molecule has 0 radical (unpaired) electrons. The van der Waals surface area contributed by atoms with Gasteiger partial charge in [-0.15, -0.1) is 11.6 Å². The van der Waals surface area contributed by atoms with E-state index in [-0.39, 0.29) is 0 Å². The molecule has 15 heavy (non-hydrogen) atoms. The molecule has 1 aromatic carbocycles. The van der Waals surface area contributed by atoms with Gasteiger partial charge in [-0.05, 0) is 43.7 Å². The quantitative estimate of drug-likeness (QED) is 0.751. The summed E-state index contributed by atoms with van der Waals surface area (Å²) in [6.45, 7) is 4.17. The van der Waals surface area contributed by atoms with Crippen LogP contribution in [0.2, 0.25) is 0 Å². The molecule has 1 rings (SSSR count). The summed E-state index contributed by atoms with van der Waals surface area (Å²) in [6.07, 6.45) is 1.08. The molecule has 84 valence electrons. The minimum absolute atomic E-state index is 0.702. The Balaban J connectivity index is 2.53. The fourth-order valence-corrected chi connectivity index (χ4v) is 2.17. The van der Waals surface area contributed by atoms with Gasteiger partial charge in [-0.3, -0.25) is 0 Å². The average Bonchev–Trinajstić information content (AvgIpc) is 2.20.